The maximum absolute atomic E-state index is 6.51. The number of methoxy groups -OCH3 is 1. The summed E-state index contributed by atoms with van der Waals surface area (Å²) >= 11 is 14.4. The molecule has 1 aromatic carbocycles. The summed E-state index contributed by atoms with van der Waals surface area (Å²) in [6.45, 7) is 8.38. The van der Waals surface area contributed by atoms with E-state index in [0.29, 0.717) is 16.9 Å². The molecular weight excluding hydrogens is 499 g/mol. The monoisotopic (exact) mass is 536 g/mol. The Morgan fingerprint density at radius 1 is 1.09 bits per heavy atom. The fourth-order valence-electron chi connectivity index (χ4n) is 6.49. The van der Waals surface area contributed by atoms with Crippen molar-refractivity contribution in [3.8, 4) is 0 Å². The minimum absolute atomic E-state index is 0.0457. The lowest BCUT2D eigenvalue weighted by Crippen LogP contribution is -2.43. The summed E-state index contributed by atoms with van der Waals surface area (Å²) in [5.41, 5.74) is 2.72. The fraction of sp³-hybridized carbons (Fsp3) is 0.643. The highest BCUT2D eigenvalue weighted by atomic mass is 35.5. The van der Waals surface area contributed by atoms with Gasteiger partial charge in [0.1, 0.15) is 0 Å². The van der Waals surface area contributed by atoms with Gasteiger partial charge in [0, 0.05) is 62.5 Å². The SMILES string of the molecule is COC1(CC2CCN(CC3CN(Cc4ccc(Cl)cc4Cl)CC3c3ccsc3)CC2)CCOCC1. The first kappa shape index (κ1) is 26.0. The molecule has 0 spiro atoms. The van der Waals surface area contributed by atoms with E-state index >= 15 is 0 Å². The van der Waals surface area contributed by atoms with Gasteiger partial charge in [-0.2, -0.15) is 11.3 Å². The van der Waals surface area contributed by atoms with Gasteiger partial charge in [-0.15, -0.1) is 0 Å². The zero-order valence-corrected chi connectivity index (χ0v) is 23.1. The molecule has 192 valence electrons. The predicted octanol–water partition coefficient (Wildman–Crippen LogP) is 6.57. The largest absolute Gasteiger partial charge is 0.381 e. The average Bonchev–Trinajstić information content (AvgIpc) is 3.53. The van der Waals surface area contributed by atoms with Gasteiger partial charge in [-0.25, -0.2) is 0 Å². The second kappa shape index (κ2) is 11.8. The zero-order chi connectivity index (χ0) is 24.3. The van der Waals surface area contributed by atoms with Crippen LogP contribution in [0.2, 0.25) is 10.0 Å². The molecule has 0 radical (unpaired) electrons. The van der Waals surface area contributed by atoms with Crippen molar-refractivity contribution in [2.45, 2.75) is 50.2 Å². The summed E-state index contributed by atoms with van der Waals surface area (Å²) < 4.78 is 11.6. The predicted molar refractivity (Wildman–Crippen MR) is 146 cm³/mol. The van der Waals surface area contributed by atoms with Crippen LogP contribution in [0, 0.1) is 11.8 Å². The number of nitrogens with zero attached hydrogens (tertiary/aromatic N) is 2. The van der Waals surface area contributed by atoms with E-state index in [9.17, 15) is 0 Å². The van der Waals surface area contributed by atoms with Gasteiger partial charge < -0.3 is 14.4 Å². The van der Waals surface area contributed by atoms with Crippen molar-refractivity contribution >= 4 is 34.5 Å². The van der Waals surface area contributed by atoms with Crippen molar-refractivity contribution in [2.75, 3.05) is 53.0 Å². The summed E-state index contributed by atoms with van der Waals surface area (Å²) in [5.74, 6) is 2.00. The molecule has 3 aliphatic heterocycles. The molecule has 5 rings (SSSR count). The third kappa shape index (κ3) is 6.43. The number of benzene rings is 1. The Morgan fingerprint density at radius 3 is 2.57 bits per heavy atom. The Morgan fingerprint density at radius 2 is 1.89 bits per heavy atom. The van der Waals surface area contributed by atoms with E-state index in [1.807, 2.05) is 30.6 Å². The Bertz CT molecular complexity index is 942. The van der Waals surface area contributed by atoms with Crippen LogP contribution in [0.3, 0.4) is 0 Å². The molecule has 2 aromatic rings. The topological polar surface area (TPSA) is 24.9 Å². The summed E-state index contributed by atoms with van der Waals surface area (Å²) in [6, 6.07) is 8.21. The molecule has 2 atom stereocenters. The van der Waals surface area contributed by atoms with Crippen LogP contribution in [0.15, 0.2) is 35.0 Å². The molecule has 0 saturated carbocycles. The number of halogens is 2. The summed E-state index contributed by atoms with van der Waals surface area (Å²) in [7, 11) is 1.90. The average molecular weight is 538 g/mol. The molecule has 3 fully saturated rings. The normalized spacial score (nSPS) is 26.4. The number of thiophene rings is 1. The zero-order valence-electron chi connectivity index (χ0n) is 20.8. The fourth-order valence-corrected chi connectivity index (χ4v) is 7.69. The van der Waals surface area contributed by atoms with Crippen LogP contribution >= 0.6 is 34.5 Å². The van der Waals surface area contributed by atoms with Crippen LogP contribution in [-0.4, -0.2) is 68.4 Å². The minimum atomic E-state index is 0.0457. The molecule has 0 bridgehead atoms. The van der Waals surface area contributed by atoms with Gasteiger partial charge in [0.15, 0.2) is 0 Å². The van der Waals surface area contributed by atoms with E-state index in [0.717, 1.165) is 56.6 Å². The Hall–Kier alpha value is -0.660. The van der Waals surface area contributed by atoms with Crippen molar-refractivity contribution in [2.24, 2.45) is 11.8 Å². The smallest absolute Gasteiger partial charge is 0.0725 e. The van der Waals surface area contributed by atoms with E-state index in [1.54, 1.807) is 0 Å². The van der Waals surface area contributed by atoms with Gasteiger partial charge in [0.05, 0.1) is 5.60 Å². The standard InChI is InChI=1S/C28H38Cl2N2O2S/c1-33-28(7-11-34-12-8-28)15-21-4-9-31(10-5-21)17-24-18-32(19-26(24)23-6-13-35-20-23)16-22-2-3-25(29)14-27(22)30/h2-3,6,13-14,20-21,24,26H,4-5,7-12,15-19H2,1H3. The molecule has 3 saturated heterocycles. The van der Waals surface area contributed by atoms with E-state index in [4.69, 9.17) is 32.7 Å². The first-order valence-electron chi connectivity index (χ1n) is 13.1. The molecular formula is C28H38Cl2N2O2S. The van der Waals surface area contributed by atoms with Crippen molar-refractivity contribution in [1.82, 2.24) is 9.80 Å². The Kier molecular flexibility index (Phi) is 8.76. The van der Waals surface area contributed by atoms with E-state index in [1.165, 1.54) is 50.0 Å². The molecule has 0 amide bonds. The quantitative estimate of drug-likeness (QED) is 0.381. The Labute approximate surface area is 224 Å². The number of hydrogen-bond acceptors (Lipinski definition) is 5. The molecule has 4 nitrogen and oxygen atoms in total. The molecule has 0 aliphatic carbocycles. The van der Waals surface area contributed by atoms with Crippen LogP contribution in [-0.2, 0) is 16.0 Å². The van der Waals surface area contributed by atoms with Gasteiger partial charge in [-0.3, -0.25) is 4.90 Å². The first-order chi connectivity index (χ1) is 17.0. The number of rotatable bonds is 8. The van der Waals surface area contributed by atoms with Crippen LogP contribution in [0.5, 0.6) is 0 Å². The van der Waals surface area contributed by atoms with Crippen LogP contribution in [0.4, 0.5) is 0 Å². The molecule has 2 unspecified atom stereocenters. The summed E-state index contributed by atoms with van der Waals surface area (Å²) in [6.07, 6.45) is 5.85. The molecule has 0 N–H and O–H groups in total. The lowest BCUT2D eigenvalue weighted by Gasteiger charge is -2.41. The highest BCUT2D eigenvalue weighted by molar-refractivity contribution is 7.08. The molecule has 4 heterocycles. The van der Waals surface area contributed by atoms with Crippen molar-refractivity contribution in [1.29, 1.82) is 0 Å². The number of hydrogen-bond donors (Lipinski definition) is 0. The molecule has 35 heavy (non-hydrogen) atoms. The Balaban J connectivity index is 1.18. The third-order valence-corrected chi connectivity index (χ3v) is 9.88. The van der Waals surface area contributed by atoms with Gasteiger partial charge in [0.25, 0.3) is 0 Å². The minimum Gasteiger partial charge on any atom is -0.381 e. The first-order valence-corrected chi connectivity index (χ1v) is 14.8. The second-order valence-corrected chi connectivity index (χ2v) is 12.4. The second-order valence-electron chi connectivity index (χ2n) is 10.8. The van der Waals surface area contributed by atoms with Gasteiger partial charge >= 0.3 is 0 Å². The van der Waals surface area contributed by atoms with E-state index in [-0.39, 0.29) is 5.60 Å². The van der Waals surface area contributed by atoms with Crippen molar-refractivity contribution in [3.05, 3.63) is 56.2 Å². The lowest BCUT2D eigenvalue weighted by molar-refractivity contribution is -0.105. The molecule has 7 heteroatoms. The van der Waals surface area contributed by atoms with E-state index in [2.05, 4.69) is 32.7 Å². The highest BCUT2D eigenvalue weighted by Crippen LogP contribution is 2.38. The third-order valence-electron chi connectivity index (χ3n) is 8.59. The number of likely N-dealkylation sites (tertiary alicyclic amines) is 2. The van der Waals surface area contributed by atoms with Crippen LogP contribution in [0.25, 0.3) is 0 Å². The van der Waals surface area contributed by atoms with Gasteiger partial charge in [-0.1, -0.05) is 29.3 Å². The van der Waals surface area contributed by atoms with Crippen molar-refractivity contribution < 1.29 is 9.47 Å². The van der Waals surface area contributed by atoms with Crippen molar-refractivity contribution in [3.63, 3.8) is 0 Å². The summed E-state index contributed by atoms with van der Waals surface area (Å²) in [5, 5.41) is 6.04. The van der Waals surface area contributed by atoms with E-state index < -0.39 is 0 Å². The van der Waals surface area contributed by atoms with Gasteiger partial charge in [-0.05, 0) is 97.1 Å². The van der Waals surface area contributed by atoms with Crippen LogP contribution in [0.1, 0.15) is 49.1 Å². The number of ether oxygens (including phenoxy) is 2. The van der Waals surface area contributed by atoms with Crippen LogP contribution < -0.4 is 0 Å². The van der Waals surface area contributed by atoms with Gasteiger partial charge in [0.2, 0.25) is 0 Å². The highest BCUT2D eigenvalue weighted by Gasteiger charge is 2.38. The maximum atomic E-state index is 6.51. The summed E-state index contributed by atoms with van der Waals surface area (Å²) in [4.78, 5) is 5.31. The lowest BCUT2D eigenvalue weighted by atomic mass is 9.80. The number of piperidine rings is 1. The molecule has 3 aliphatic rings. The maximum Gasteiger partial charge on any atom is 0.0725 e. The molecule has 1 aromatic heterocycles.